The maximum Gasteiger partial charge on any atom is 0.335 e. The minimum absolute atomic E-state index is 0.217. The average molecular weight is 222 g/mol. The lowest BCUT2D eigenvalue weighted by atomic mass is 10.1. The molecule has 1 atom stereocenters. The predicted molar refractivity (Wildman–Crippen MR) is 60.4 cm³/mol. The number of hydrogen-bond donors (Lipinski definition) is 3. The van der Waals surface area contributed by atoms with E-state index in [4.69, 9.17) is 10.8 Å². The molecule has 1 aromatic carbocycles. The summed E-state index contributed by atoms with van der Waals surface area (Å²) < 4.78 is 0. The SMILES string of the molecule is Cc1cc(C(=O)O)ccc1NC(C)C(N)=O. The highest BCUT2D eigenvalue weighted by Gasteiger charge is 2.10. The Morgan fingerprint density at radius 2 is 2.06 bits per heavy atom. The molecule has 0 fully saturated rings. The monoisotopic (exact) mass is 222 g/mol. The van der Waals surface area contributed by atoms with Crippen LogP contribution in [0.25, 0.3) is 0 Å². The molecule has 16 heavy (non-hydrogen) atoms. The van der Waals surface area contributed by atoms with E-state index in [2.05, 4.69) is 5.32 Å². The van der Waals surface area contributed by atoms with Gasteiger partial charge in [0.15, 0.2) is 0 Å². The number of nitrogens with one attached hydrogen (secondary N) is 1. The lowest BCUT2D eigenvalue weighted by Crippen LogP contribution is -2.32. The van der Waals surface area contributed by atoms with E-state index in [1.54, 1.807) is 26.0 Å². The first-order valence-electron chi connectivity index (χ1n) is 4.81. The van der Waals surface area contributed by atoms with Crippen LogP contribution in [0.1, 0.15) is 22.8 Å². The number of carbonyl (C=O) groups is 2. The second-order valence-electron chi connectivity index (χ2n) is 3.60. The molecule has 0 bridgehead atoms. The molecule has 5 nitrogen and oxygen atoms in total. The maximum absolute atomic E-state index is 10.9. The summed E-state index contributed by atoms with van der Waals surface area (Å²) in [4.78, 5) is 21.6. The van der Waals surface area contributed by atoms with Gasteiger partial charge in [-0.05, 0) is 37.6 Å². The highest BCUT2D eigenvalue weighted by Crippen LogP contribution is 2.17. The summed E-state index contributed by atoms with van der Waals surface area (Å²) in [5.74, 6) is -1.43. The molecule has 5 heteroatoms. The Morgan fingerprint density at radius 3 is 2.50 bits per heavy atom. The van der Waals surface area contributed by atoms with Crippen molar-refractivity contribution in [2.24, 2.45) is 5.73 Å². The molecular weight excluding hydrogens is 208 g/mol. The highest BCUT2D eigenvalue weighted by atomic mass is 16.4. The van der Waals surface area contributed by atoms with E-state index in [1.165, 1.54) is 6.07 Å². The van der Waals surface area contributed by atoms with E-state index in [1.807, 2.05) is 0 Å². The van der Waals surface area contributed by atoms with Crippen LogP contribution in [-0.4, -0.2) is 23.0 Å². The lowest BCUT2D eigenvalue weighted by molar-refractivity contribution is -0.118. The number of aromatic carboxylic acids is 1. The molecule has 1 unspecified atom stereocenters. The summed E-state index contributed by atoms with van der Waals surface area (Å²) in [6.45, 7) is 3.41. The molecule has 0 saturated heterocycles. The third-order valence-electron chi connectivity index (χ3n) is 2.27. The minimum atomic E-state index is -0.974. The predicted octanol–water partition coefficient (Wildman–Crippen LogP) is 0.979. The van der Waals surface area contributed by atoms with Crippen LogP contribution < -0.4 is 11.1 Å². The standard InChI is InChI=1S/C11H14N2O3/c1-6-5-8(11(15)16)3-4-9(6)13-7(2)10(12)14/h3-5,7,13H,1-2H3,(H2,12,14)(H,15,16). The first-order valence-corrected chi connectivity index (χ1v) is 4.81. The van der Waals surface area contributed by atoms with E-state index >= 15 is 0 Å². The summed E-state index contributed by atoms with van der Waals surface area (Å²) in [6.07, 6.45) is 0. The molecule has 0 aliphatic rings. The van der Waals surface area contributed by atoms with E-state index in [-0.39, 0.29) is 5.56 Å². The van der Waals surface area contributed by atoms with Crippen LogP contribution in [0.15, 0.2) is 18.2 Å². The first-order chi connectivity index (χ1) is 7.41. The number of carboxylic acid groups (broad SMARTS) is 1. The Balaban J connectivity index is 2.91. The van der Waals surface area contributed by atoms with Crippen LogP contribution in [0.4, 0.5) is 5.69 Å². The lowest BCUT2D eigenvalue weighted by Gasteiger charge is -2.14. The summed E-state index contributed by atoms with van der Waals surface area (Å²) >= 11 is 0. The fraction of sp³-hybridized carbons (Fsp3) is 0.273. The van der Waals surface area contributed by atoms with Crippen LogP contribution in [0.2, 0.25) is 0 Å². The number of aryl methyl sites for hydroxylation is 1. The Morgan fingerprint density at radius 1 is 1.44 bits per heavy atom. The van der Waals surface area contributed by atoms with Gasteiger partial charge >= 0.3 is 5.97 Å². The normalized spacial score (nSPS) is 11.9. The number of primary amides is 1. The zero-order chi connectivity index (χ0) is 12.3. The molecule has 1 rings (SSSR count). The topological polar surface area (TPSA) is 92.4 Å². The van der Waals surface area contributed by atoms with Crippen molar-refractivity contribution in [1.82, 2.24) is 0 Å². The van der Waals surface area contributed by atoms with Gasteiger partial charge in [-0.25, -0.2) is 4.79 Å². The van der Waals surface area contributed by atoms with E-state index in [0.29, 0.717) is 5.69 Å². The second kappa shape index (κ2) is 4.65. The van der Waals surface area contributed by atoms with Gasteiger partial charge < -0.3 is 16.2 Å². The van der Waals surface area contributed by atoms with Gasteiger partial charge in [0.05, 0.1) is 5.56 Å². The molecule has 0 saturated carbocycles. The van der Waals surface area contributed by atoms with Crippen molar-refractivity contribution in [3.05, 3.63) is 29.3 Å². The Kier molecular flexibility index (Phi) is 3.50. The molecule has 86 valence electrons. The molecule has 1 aromatic rings. The number of carboxylic acids is 1. The van der Waals surface area contributed by atoms with Crippen molar-refractivity contribution in [1.29, 1.82) is 0 Å². The fourth-order valence-corrected chi connectivity index (χ4v) is 1.26. The van der Waals surface area contributed by atoms with Gasteiger partial charge in [-0.3, -0.25) is 4.79 Å². The highest BCUT2D eigenvalue weighted by molar-refractivity contribution is 5.89. The molecular formula is C11H14N2O3. The molecule has 0 heterocycles. The fourth-order valence-electron chi connectivity index (χ4n) is 1.26. The van der Waals surface area contributed by atoms with Crippen LogP contribution in [0.5, 0.6) is 0 Å². The first kappa shape index (κ1) is 12.0. The Bertz CT molecular complexity index is 429. The van der Waals surface area contributed by atoms with Gasteiger partial charge in [-0.1, -0.05) is 0 Å². The van der Waals surface area contributed by atoms with Crippen LogP contribution >= 0.6 is 0 Å². The molecule has 0 aliphatic heterocycles. The molecule has 0 radical (unpaired) electrons. The van der Waals surface area contributed by atoms with E-state index < -0.39 is 17.9 Å². The number of carbonyl (C=O) groups excluding carboxylic acids is 1. The summed E-state index contributed by atoms with van der Waals surface area (Å²) in [5.41, 5.74) is 6.80. The molecule has 0 spiro atoms. The number of benzene rings is 1. The summed E-state index contributed by atoms with van der Waals surface area (Å²) in [6, 6.07) is 4.15. The van der Waals surface area contributed by atoms with Gasteiger partial charge in [-0.2, -0.15) is 0 Å². The number of anilines is 1. The van der Waals surface area contributed by atoms with Gasteiger partial charge in [-0.15, -0.1) is 0 Å². The summed E-state index contributed by atoms with van der Waals surface area (Å²) in [5, 5.41) is 11.7. The molecule has 4 N–H and O–H groups in total. The molecule has 0 aliphatic carbocycles. The zero-order valence-corrected chi connectivity index (χ0v) is 9.15. The third kappa shape index (κ3) is 2.73. The number of rotatable bonds is 4. The molecule has 0 aromatic heterocycles. The maximum atomic E-state index is 10.9. The number of nitrogens with two attached hydrogens (primary N) is 1. The third-order valence-corrected chi connectivity index (χ3v) is 2.27. The van der Waals surface area contributed by atoms with Crippen molar-refractivity contribution in [3.8, 4) is 0 Å². The van der Waals surface area contributed by atoms with Crippen molar-refractivity contribution in [2.45, 2.75) is 19.9 Å². The molecule has 1 amide bonds. The van der Waals surface area contributed by atoms with Gasteiger partial charge in [0.25, 0.3) is 0 Å². The van der Waals surface area contributed by atoms with E-state index in [9.17, 15) is 9.59 Å². The van der Waals surface area contributed by atoms with Crippen molar-refractivity contribution < 1.29 is 14.7 Å². The van der Waals surface area contributed by atoms with E-state index in [0.717, 1.165) is 5.56 Å². The van der Waals surface area contributed by atoms with Crippen LogP contribution in [0, 0.1) is 6.92 Å². The number of hydrogen-bond acceptors (Lipinski definition) is 3. The van der Waals surface area contributed by atoms with Crippen LogP contribution in [-0.2, 0) is 4.79 Å². The van der Waals surface area contributed by atoms with Gasteiger partial charge in [0.1, 0.15) is 6.04 Å². The van der Waals surface area contributed by atoms with Gasteiger partial charge in [0.2, 0.25) is 5.91 Å². The second-order valence-corrected chi connectivity index (χ2v) is 3.60. The van der Waals surface area contributed by atoms with Gasteiger partial charge in [0, 0.05) is 5.69 Å². The quantitative estimate of drug-likeness (QED) is 0.708. The Hall–Kier alpha value is -2.04. The smallest absolute Gasteiger partial charge is 0.335 e. The summed E-state index contributed by atoms with van der Waals surface area (Å²) in [7, 11) is 0. The van der Waals surface area contributed by atoms with Crippen molar-refractivity contribution in [2.75, 3.05) is 5.32 Å². The van der Waals surface area contributed by atoms with Crippen LogP contribution in [0.3, 0.4) is 0 Å². The van der Waals surface area contributed by atoms with Crippen molar-refractivity contribution in [3.63, 3.8) is 0 Å². The largest absolute Gasteiger partial charge is 0.478 e. The Labute approximate surface area is 93.3 Å². The minimum Gasteiger partial charge on any atom is -0.478 e. The average Bonchev–Trinajstić information content (AvgIpc) is 2.20. The van der Waals surface area contributed by atoms with Crippen molar-refractivity contribution >= 4 is 17.6 Å². The number of amides is 1. The zero-order valence-electron chi connectivity index (χ0n) is 9.15.